The van der Waals surface area contributed by atoms with Crippen molar-refractivity contribution in [3.05, 3.63) is 29.3 Å². The van der Waals surface area contributed by atoms with E-state index in [0.29, 0.717) is 13.0 Å². The summed E-state index contributed by atoms with van der Waals surface area (Å²) in [6.45, 7) is 5.92. The Labute approximate surface area is 125 Å². The molecule has 0 saturated carbocycles. The molecule has 1 aromatic rings. The summed E-state index contributed by atoms with van der Waals surface area (Å²) >= 11 is 0. The van der Waals surface area contributed by atoms with Gasteiger partial charge in [-0.1, -0.05) is 31.5 Å². The van der Waals surface area contributed by atoms with Crippen molar-refractivity contribution in [1.82, 2.24) is 5.32 Å². The Morgan fingerprint density at radius 3 is 2.57 bits per heavy atom. The summed E-state index contributed by atoms with van der Waals surface area (Å²) in [5, 5.41) is 12.4. The lowest BCUT2D eigenvalue weighted by atomic mass is 9.89. The molecule has 1 aromatic carbocycles. The molecular formula is C16H25F2NO2. The van der Waals surface area contributed by atoms with E-state index in [1.807, 2.05) is 19.9 Å². The monoisotopic (exact) mass is 301 g/mol. The maximum absolute atomic E-state index is 12.5. The van der Waals surface area contributed by atoms with Gasteiger partial charge in [0.05, 0.1) is 0 Å². The molecule has 1 rings (SSSR count). The number of alkyl halides is 2. The number of aliphatic hydroxyl groups excluding tert-OH is 1. The fourth-order valence-electron chi connectivity index (χ4n) is 2.14. The summed E-state index contributed by atoms with van der Waals surface area (Å²) in [5.74, 6) is 0.204. The van der Waals surface area contributed by atoms with Gasteiger partial charge in [-0.15, -0.1) is 0 Å². The van der Waals surface area contributed by atoms with Crippen LogP contribution < -0.4 is 10.1 Å². The van der Waals surface area contributed by atoms with E-state index in [1.165, 1.54) is 0 Å². The average molecular weight is 301 g/mol. The highest BCUT2D eigenvalue weighted by molar-refractivity contribution is 5.39. The van der Waals surface area contributed by atoms with Crippen molar-refractivity contribution in [2.45, 2.75) is 46.8 Å². The van der Waals surface area contributed by atoms with Gasteiger partial charge in [0.25, 0.3) is 0 Å². The van der Waals surface area contributed by atoms with E-state index >= 15 is 0 Å². The first kappa shape index (κ1) is 17.9. The van der Waals surface area contributed by atoms with Crippen LogP contribution in [0.4, 0.5) is 8.78 Å². The Morgan fingerprint density at radius 1 is 1.33 bits per heavy atom. The van der Waals surface area contributed by atoms with Crippen molar-refractivity contribution in [3.8, 4) is 5.75 Å². The quantitative estimate of drug-likeness (QED) is 0.770. The Morgan fingerprint density at radius 2 is 2.00 bits per heavy atom. The van der Waals surface area contributed by atoms with Crippen molar-refractivity contribution >= 4 is 0 Å². The number of ether oxygens (including phenoxy) is 1. The zero-order valence-corrected chi connectivity index (χ0v) is 13.1. The van der Waals surface area contributed by atoms with Crippen molar-refractivity contribution < 1.29 is 18.6 Å². The summed E-state index contributed by atoms with van der Waals surface area (Å²) in [7, 11) is 0. The second kappa shape index (κ2) is 7.71. The van der Waals surface area contributed by atoms with Gasteiger partial charge in [-0.3, -0.25) is 0 Å². The lowest BCUT2D eigenvalue weighted by Crippen LogP contribution is -2.32. The van der Waals surface area contributed by atoms with Crippen LogP contribution >= 0.6 is 0 Å². The summed E-state index contributed by atoms with van der Waals surface area (Å²) in [6, 6.07) is 5.07. The molecule has 0 saturated heterocycles. The third kappa shape index (κ3) is 5.98. The molecule has 0 fully saturated rings. The van der Waals surface area contributed by atoms with Crippen LogP contribution in [-0.2, 0) is 0 Å². The van der Waals surface area contributed by atoms with Crippen LogP contribution in [-0.4, -0.2) is 24.9 Å². The number of nitrogens with one attached hydrogen (secondary N) is 1. The smallest absolute Gasteiger partial charge is 0.387 e. The van der Waals surface area contributed by atoms with Gasteiger partial charge in [0, 0.05) is 24.8 Å². The molecule has 21 heavy (non-hydrogen) atoms. The Hall–Kier alpha value is -1.20. The SMILES string of the molecule is Cc1ccc(OC(F)F)c(C(C)NCC(C)(C)CCO)c1. The van der Waals surface area contributed by atoms with Gasteiger partial charge < -0.3 is 15.2 Å². The Kier molecular flexibility index (Phi) is 6.55. The minimum atomic E-state index is -2.83. The molecule has 0 aliphatic carbocycles. The van der Waals surface area contributed by atoms with Gasteiger partial charge >= 0.3 is 6.61 Å². The number of halogens is 2. The van der Waals surface area contributed by atoms with Crippen LogP contribution in [0.3, 0.4) is 0 Å². The molecule has 0 aliphatic heterocycles. The predicted molar refractivity (Wildman–Crippen MR) is 79.7 cm³/mol. The van der Waals surface area contributed by atoms with Crippen molar-refractivity contribution in [3.63, 3.8) is 0 Å². The predicted octanol–water partition coefficient (Wildman–Crippen LogP) is 3.66. The number of hydrogen-bond acceptors (Lipinski definition) is 3. The van der Waals surface area contributed by atoms with Crippen LogP contribution in [0.15, 0.2) is 18.2 Å². The number of aliphatic hydroxyl groups is 1. The molecule has 0 amide bonds. The first-order valence-corrected chi connectivity index (χ1v) is 7.15. The van der Waals surface area contributed by atoms with Crippen molar-refractivity contribution in [1.29, 1.82) is 0 Å². The van der Waals surface area contributed by atoms with Crippen LogP contribution in [0.25, 0.3) is 0 Å². The van der Waals surface area contributed by atoms with E-state index in [0.717, 1.165) is 11.1 Å². The minimum Gasteiger partial charge on any atom is -0.434 e. The van der Waals surface area contributed by atoms with E-state index < -0.39 is 6.61 Å². The van der Waals surface area contributed by atoms with E-state index in [2.05, 4.69) is 23.9 Å². The van der Waals surface area contributed by atoms with Gasteiger partial charge in [-0.2, -0.15) is 8.78 Å². The van der Waals surface area contributed by atoms with E-state index in [-0.39, 0.29) is 23.8 Å². The highest BCUT2D eigenvalue weighted by Crippen LogP contribution is 2.29. The van der Waals surface area contributed by atoms with Crippen LogP contribution in [0.5, 0.6) is 5.75 Å². The molecule has 1 unspecified atom stereocenters. The lowest BCUT2D eigenvalue weighted by Gasteiger charge is -2.27. The van der Waals surface area contributed by atoms with Gasteiger partial charge in [-0.05, 0) is 31.7 Å². The zero-order valence-electron chi connectivity index (χ0n) is 13.1. The topological polar surface area (TPSA) is 41.5 Å². The molecule has 5 heteroatoms. The highest BCUT2D eigenvalue weighted by atomic mass is 19.3. The van der Waals surface area contributed by atoms with Crippen LogP contribution in [0.1, 0.15) is 44.4 Å². The Bertz CT molecular complexity index is 450. The largest absolute Gasteiger partial charge is 0.434 e. The van der Waals surface area contributed by atoms with Gasteiger partial charge in [0.1, 0.15) is 5.75 Å². The summed E-state index contributed by atoms with van der Waals surface area (Å²) < 4.78 is 29.5. The highest BCUT2D eigenvalue weighted by Gasteiger charge is 2.20. The van der Waals surface area contributed by atoms with Gasteiger partial charge in [0.15, 0.2) is 0 Å². The molecule has 120 valence electrons. The molecule has 0 aromatic heterocycles. The molecule has 0 aliphatic rings. The number of rotatable bonds is 8. The summed E-state index contributed by atoms with van der Waals surface area (Å²) in [6.07, 6.45) is 0.681. The average Bonchev–Trinajstić information content (AvgIpc) is 2.37. The standard InChI is InChI=1S/C16H25F2NO2/c1-11-5-6-14(21-15(17)18)13(9-11)12(2)19-10-16(3,4)7-8-20/h5-6,9,12,15,19-20H,7-8,10H2,1-4H3. The molecule has 0 heterocycles. The molecule has 2 N–H and O–H groups in total. The van der Waals surface area contributed by atoms with E-state index in [4.69, 9.17) is 5.11 Å². The lowest BCUT2D eigenvalue weighted by molar-refractivity contribution is -0.0507. The van der Waals surface area contributed by atoms with Crippen LogP contribution in [0.2, 0.25) is 0 Å². The zero-order chi connectivity index (χ0) is 16.0. The number of benzene rings is 1. The molecule has 0 radical (unpaired) electrons. The molecule has 0 spiro atoms. The molecular weight excluding hydrogens is 276 g/mol. The van der Waals surface area contributed by atoms with Gasteiger partial charge in [-0.25, -0.2) is 0 Å². The van der Waals surface area contributed by atoms with E-state index in [1.54, 1.807) is 12.1 Å². The second-order valence-corrected chi connectivity index (χ2v) is 6.16. The van der Waals surface area contributed by atoms with Crippen molar-refractivity contribution in [2.75, 3.05) is 13.2 Å². The number of aryl methyl sites for hydroxylation is 1. The normalized spacial score (nSPS) is 13.5. The third-order valence-electron chi connectivity index (χ3n) is 3.52. The second-order valence-electron chi connectivity index (χ2n) is 6.16. The summed E-state index contributed by atoms with van der Waals surface area (Å²) in [4.78, 5) is 0. The first-order valence-electron chi connectivity index (χ1n) is 7.15. The van der Waals surface area contributed by atoms with Crippen molar-refractivity contribution in [2.24, 2.45) is 5.41 Å². The fourth-order valence-corrected chi connectivity index (χ4v) is 2.14. The van der Waals surface area contributed by atoms with E-state index in [9.17, 15) is 8.78 Å². The maximum atomic E-state index is 12.5. The van der Waals surface area contributed by atoms with Gasteiger partial charge in [0.2, 0.25) is 0 Å². The maximum Gasteiger partial charge on any atom is 0.387 e. The fraction of sp³-hybridized carbons (Fsp3) is 0.625. The minimum absolute atomic E-state index is 0.0590. The third-order valence-corrected chi connectivity index (χ3v) is 3.52. The Balaban J connectivity index is 2.81. The molecule has 0 bridgehead atoms. The van der Waals surface area contributed by atoms with Crippen LogP contribution in [0, 0.1) is 12.3 Å². The molecule has 3 nitrogen and oxygen atoms in total. The molecule has 1 atom stereocenters. The number of hydrogen-bond donors (Lipinski definition) is 2. The first-order chi connectivity index (χ1) is 9.75. The summed E-state index contributed by atoms with van der Waals surface area (Å²) in [5.41, 5.74) is 1.65.